The Balaban J connectivity index is 2.79. The predicted molar refractivity (Wildman–Crippen MR) is 76.9 cm³/mol. The van der Waals surface area contributed by atoms with Crippen LogP contribution in [-0.2, 0) is 19.4 Å². The summed E-state index contributed by atoms with van der Waals surface area (Å²) in [5.41, 5.74) is 0. The molecule has 0 bridgehead atoms. The van der Waals surface area contributed by atoms with Gasteiger partial charge in [0.05, 0.1) is 12.6 Å². The van der Waals surface area contributed by atoms with Gasteiger partial charge in [0.2, 0.25) is 0 Å². The summed E-state index contributed by atoms with van der Waals surface area (Å²) in [6.07, 6.45) is 4.34. The van der Waals surface area contributed by atoms with Crippen molar-refractivity contribution in [3.8, 4) is 0 Å². The molecule has 18 heavy (non-hydrogen) atoms. The molecule has 104 valence electrons. The van der Waals surface area contributed by atoms with E-state index in [1.54, 1.807) is 0 Å². The van der Waals surface area contributed by atoms with E-state index in [0.29, 0.717) is 12.5 Å². The molecule has 0 saturated carbocycles. The van der Waals surface area contributed by atoms with Crippen molar-refractivity contribution in [3.05, 3.63) is 11.6 Å². The fraction of sp³-hybridized carbons (Fsp3) is 0.846. The van der Waals surface area contributed by atoms with Crippen molar-refractivity contribution in [2.45, 2.75) is 52.7 Å². The minimum Gasteiger partial charge on any atom is -0.391 e. The van der Waals surface area contributed by atoms with Gasteiger partial charge in [-0.05, 0) is 18.6 Å². The van der Waals surface area contributed by atoms with Crippen molar-refractivity contribution in [2.75, 3.05) is 12.0 Å². The number of rotatable bonds is 8. The maximum absolute atomic E-state index is 9.76. The van der Waals surface area contributed by atoms with Crippen molar-refractivity contribution in [3.63, 3.8) is 0 Å². The maximum atomic E-state index is 9.76. The molecule has 0 aliphatic carbocycles. The molecule has 1 atom stereocenters. The summed E-state index contributed by atoms with van der Waals surface area (Å²) in [5.74, 6) is 3.52. The highest BCUT2D eigenvalue weighted by atomic mass is 32.2. The topological polar surface area (TPSA) is 50.9 Å². The fourth-order valence-electron chi connectivity index (χ4n) is 1.73. The van der Waals surface area contributed by atoms with Crippen LogP contribution in [0.15, 0.2) is 0 Å². The smallest absolute Gasteiger partial charge is 0.151 e. The molecule has 5 heteroatoms. The Bertz CT molecular complexity index is 352. The summed E-state index contributed by atoms with van der Waals surface area (Å²) in [4.78, 5) is 4.60. The van der Waals surface area contributed by atoms with Gasteiger partial charge in [0.15, 0.2) is 5.82 Å². The van der Waals surface area contributed by atoms with Crippen LogP contribution in [0.2, 0.25) is 0 Å². The number of nitrogens with zero attached hydrogens (tertiary/aromatic N) is 3. The number of aryl methyl sites for hydroxylation is 1. The van der Waals surface area contributed by atoms with E-state index in [1.165, 1.54) is 0 Å². The first-order valence-corrected chi connectivity index (χ1v) is 8.05. The molecule has 4 nitrogen and oxygen atoms in total. The first-order valence-electron chi connectivity index (χ1n) is 6.66. The van der Waals surface area contributed by atoms with Crippen LogP contribution in [0.1, 0.15) is 38.8 Å². The van der Waals surface area contributed by atoms with E-state index in [9.17, 15) is 5.11 Å². The van der Waals surface area contributed by atoms with Gasteiger partial charge in [-0.1, -0.05) is 20.8 Å². The van der Waals surface area contributed by atoms with Crippen molar-refractivity contribution in [1.82, 2.24) is 14.8 Å². The second-order valence-corrected chi connectivity index (χ2v) is 6.01. The summed E-state index contributed by atoms with van der Waals surface area (Å²) in [6, 6.07) is 0. The third-order valence-electron chi connectivity index (χ3n) is 2.77. The highest BCUT2D eigenvalue weighted by Crippen LogP contribution is 2.09. The number of thioether (sulfide) groups is 1. The van der Waals surface area contributed by atoms with E-state index in [0.717, 1.165) is 36.7 Å². The Hall–Kier alpha value is -0.550. The van der Waals surface area contributed by atoms with Crippen LogP contribution < -0.4 is 0 Å². The Kier molecular flexibility index (Phi) is 6.71. The fourth-order valence-corrected chi connectivity index (χ4v) is 2.12. The molecule has 0 fully saturated rings. The average molecular weight is 271 g/mol. The molecular formula is C13H25N3OS. The molecule has 0 radical (unpaired) electrons. The molecule has 0 aliphatic heterocycles. The maximum Gasteiger partial charge on any atom is 0.151 e. The normalized spacial score (nSPS) is 13.2. The number of aromatic nitrogens is 3. The lowest BCUT2D eigenvalue weighted by atomic mass is 10.1. The van der Waals surface area contributed by atoms with E-state index < -0.39 is 0 Å². The lowest BCUT2D eigenvalue weighted by molar-refractivity contribution is 0.143. The van der Waals surface area contributed by atoms with E-state index in [4.69, 9.17) is 0 Å². The third-order valence-corrected chi connectivity index (χ3v) is 3.38. The van der Waals surface area contributed by atoms with Crippen LogP contribution in [0, 0.1) is 5.92 Å². The molecule has 0 amide bonds. The SMILES string of the molecule is CC[C@H](O)Cn1nc(CC(C)C)nc1CCSC. The lowest BCUT2D eigenvalue weighted by Gasteiger charge is -2.09. The van der Waals surface area contributed by atoms with Gasteiger partial charge in [0.25, 0.3) is 0 Å². The Labute approximate surface area is 114 Å². The van der Waals surface area contributed by atoms with Gasteiger partial charge in [-0.2, -0.15) is 16.9 Å². The van der Waals surface area contributed by atoms with E-state index in [-0.39, 0.29) is 6.10 Å². The molecule has 0 unspecified atom stereocenters. The second-order valence-electron chi connectivity index (χ2n) is 5.03. The number of hydrogen-bond acceptors (Lipinski definition) is 4. The molecule has 1 rings (SSSR count). The largest absolute Gasteiger partial charge is 0.391 e. The number of aliphatic hydroxyl groups excluding tert-OH is 1. The Morgan fingerprint density at radius 2 is 2.11 bits per heavy atom. The standard InChI is InChI=1S/C13H25N3OS/c1-5-11(17)9-16-13(6-7-18-4)14-12(15-16)8-10(2)3/h10-11,17H,5-9H2,1-4H3/t11-/m0/s1. The van der Waals surface area contributed by atoms with E-state index in [2.05, 4.69) is 30.2 Å². The lowest BCUT2D eigenvalue weighted by Crippen LogP contribution is -2.18. The highest BCUT2D eigenvalue weighted by Gasteiger charge is 2.13. The third kappa shape index (κ3) is 4.98. The Morgan fingerprint density at radius 1 is 1.39 bits per heavy atom. The van der Waals surface area contributed by atoms with Gasteiger partial charge in [-0.15, -0.1) is 0 Å². The molecule has 1 aromatic rings. The van der Waals surface area contributed by atoms with Gasteiger partial charge < -0.3 is 5.11 Å². The quantitative estimate of drug-likeness (QED) is 0.787. The molecule has 1 heterocycles. The van der Waals surface area contributed by atoms with Gasteiger partial charge in [-0.3, -0.25) is 0 Å². The summed E-state index contributed by atoms with van der Waals surface area (Å²) in [6.45, 7) is 6.88. The monoisotopic (exact) mass is 271 g/mol. The first kappa shape index (κ1) is 15.5. The van der Waals surface area contributed by atoms with E-state index >= 15 is 0 Å². The van der Waals surface area contributed by atoms with Crippen LogP contribution in [-0.4, -0.2) is 38.0 Å². The first-order chi connectivity index (χ1) is 8.56. The van der Waals surface area contributed by atoms with Crippen LogP contribution >= 0.6 is 11.8 Å². The van der Waals surface area contributed by atoms with Gasteiger partial charge in [0.1, 0.15) is 5.82 Å². The van der Waals surface area contributed by atoms with Crippen LogP contribution in [0.4, 0.5) is 0 Å². The molecule has 1 aromatic heterocycles. The molecule has 0 saturated heterocycles. The van der Waals surface area contributed by atoms with Gasteiger partial charge >= 0.3 is 0 Å². The summed E-state index contributed by atoms with van der Waals surface area (Å²) in [5, 5.41) is 14.3. The summed E-state index contributed by atoms with van der Waals surface area (Å²) in [7, 11) is 0. The minimum absolute atomic E-state index is 0.327. The van der Waals surface area contributed by atoms with Crippen LogP contribution in [0.5, 0.6) is 0 Å². The second kappa shape index (κ2) is 7.79. The Morgan fingerprint density at radius 3 is 2.67 bits per heavy atom. The van der Waals surface area contributed by atoms with Crippen LogP contribution in [0.25, 0.3) is 0 Å². The molecule has 0 aromatic carbocycles. The van der Waals surface area contributed by atoms with Crippen molar-refractivity contribution < 1.29 is 5.11 Å². The summed E-state index contributed by atoms with van der Waals surface area (Å²) < 4.78 is 1.89. The molecule has 0 aliphatic rings. The number of hydrogen-bond donors (Lipinski definition) is 1. The molecule has 0 spiro atoms. The van der Waals surface area contributed by atoms with Crippen molar-refractivity contribution in [2.24, 2.45) is 5.92 Å². The van der Waals surface area contributed by atoms with Gasteiger partial charge in [0, 0.05) is 18.6 Å². The van der Waals surface area contributed by atoms with Crippen molar-refractivity contribution >= 4 is 11.8 Å². The van der Waals surface area contributed by atoms with Crippen LogP contribution in [0.3, 0.4) is 0 Å². The zero-order chi connectivity index (χ0) is 13.5. The summed E-state index contributed by atoms with van der Waals surface area (Å²) >= 11 is 1.81. The molecule has 1 N–H and O–H groups in total. The zero-order valence-electron chi connectivity index (χ0n) is 11.9. The average Bonchev–Trinajstić information content (AvgIpc) is 2.67. The minimum atomic E-state index is -0.327. The predicted octanol–water partition coefficient (Wildman–Crippen LogP) is 2.15. The zero-order valence-corrected chi connectivity index (χ0v) is 12.7. The molecular weight excluding hydrogens is 246 g/mol. The van der Waals surface area contributed by atoms with E-state index in [1.807, 2.05) is 23.4 Å². The van der Waals surface area contributed by atoms with Crippen molar-refractivity contribution in [1.29, 1.82) is 0 Å². The van der Waals surface area contributed by atoms with Gasteiger partial charge in [-0.25, -0.2) is 9.67 Å². The number of aliphatic hydroxyl groups is 1. The highest BCUT2D eigenvalue weighted by molar-refractivity contribution is 7.98.